The van der Waals surface area contributed by atoms with Gasteiger partial charge in [0.2, 0.25) is 0 Å². The summed E-state index contributed by atoms with van der Waals surface area (Å²) in [7, 11) is 0. The summed E-state index contributed by atoms with van der Waals surface area (Å²) in [4.78, 5) is 22.2. The number of benzene rings is 2. The van der Waals surface area contributed by atoms with E-state index in [1.807, 2.05) is 13.8 Å². The van der Waals surface area contributed by atoms with Crippen LogP contribution in [-0.4, -0.2) is 9.85 Å². The molecular weight excluding hydrogens is 552 g/mol. The van der Waals surface area contributed by atoms with Crippen molar-refractivity contribution in [3.8, 4) is 11.5 Å². The molecule has 2 aliphatic rings. The predicted octanol–water partition coefficient (Wildman–Crippen LogP) is 8.11. The molecule has 37 heavy (non-hydrogen) atoms. The molecule has 0 radical (unpaired) electrons. The molecule has 0 heterocycles. The van der Waals surface area contributed by atoms with Gasteiger partial charge in [-0.25, -0.2) is 0 Å². The molecule has 0 N–H and O–H groups in total. The maximum absolute atomic E-state index is 11.6. The molecular formula is C28H30N2O6Zr. The second-order valence-electron chi connectivity index (χ2n) is 10.0. The van der Waals surface area contributed by atoms with Gasteiger partial charge in [0.05, 0.1) is 0 Å². The Balaban J connectivity index is 2.04. The molecule has 8 nitrogen and oxygen atoms in total. The van der Waals surface area contributed by atoms with Crippen molar-refractivity contribution in [2.45, 2.75) is 47.8 Å². The zero-order chi connectivity index (χ0) is 27.2. The Morgan fingerprint density at radius 1 is 0.703 bits per heavy atom. The van der Waals surface area contributed by atoms with Gasteiger partial charge in [-0.15, -0.1) is 0 Å². The van der Waals surface area contributed by atoms with E-state index in [9.17, 15) is 20.2 Å². The number of rotatable bonds is 8. The molecule has 0 bridgehead atoms. The molecule has 0 fully saturated rings. The van der Waals surface area contributed by atoms with Gasteiger partial charge in [-0.3, -0.25) is 0 Å². The van der Waals surface area contributed by atoms with Gasteiger partial charge < -0.3 is 0 Å². The third kappa shape index (κ3) is 4.29. The van der Waals surface area contributed by atoms with Crippen molar-refractivity contribution < 1.29 is 36.6 Å². The van der Waals surface area contributed by atoms with E-state index in [1.165, 1.54) is 24.3 Å². The van der Waals surface area contributed by atoms with Crippen LogP contribution < -0.4 is 5.63 Å². The van der Waals surface area contributed by atoms with Crippen molar-refractivity contribution in [2.75, 3.05) is 0 Å². The van der Waals surface area contributed by atoms with Crippen LogP contribution in [0, 0.1) is 20.2 Å². The minimum absolute atomic E-state index is 0.0841. The molecule has 2 aliphatic carbocycles. The van der Waals surface area contributed by atoms with Gasteiger partial charge in [-0.1, -0.05) is 0 Å². The fraction of sp³-hybridized carbons (Fsp3) is 0.286. The Morgan fingerprint density at radius 3 is 1.38 bits per heavy atom. The number of hydrogen-bond acceptors (Lipinski definition) is 6. The SMILES string of the molecule is CC1=C(C)[C](C)([Zr]([O]c2cccc([N+](=O)[O-])c2)([O]c2cccc([N+](=O)[O-])c2)[C]2(C)C=CC(C)=C2C)C=C1. The van der Waals surface area contributed by atoms with Crippen molar-refractivity contribution in [1.29, 1.82) is 0 Å². The van der Waals surface area contributed by atoms with Crippen LogP contribution in [0.3, 0.4) is 0 Å². The quantitative estimate of drug-likeness (QED) is 0.230. The topological polar surface area (TPSA) is 105 Å². The van der Waals surface area contributed by atoms with Gasteiger partial charge in [0.15, 0.2) is 0 Å². The van der Waals surface area contributed by atoms with E-state index in [4.69, 9.17) is 5.63 Å². The second-order valence-corrected chi connectivity index (χ2v) is 19.2. The van der Waals surface area contributed by atoms with Crippen molar-refractivity contribution in [2.24, 2.45) is 0 Å². The molecule has 0 saturated carbocycles. The number of hydrogen-bond donors (Lipinski definition) is 0. The number of nitro groups is 2. The Hall–Kier alpha value is -3.32. The molecule has 0 aliphatic heterocycles. The fourth-order valence-corrected chi connectivity index (χ4v) is 17.2. The van der Waals surface area contributed by atoms with Gasteiger partial charge in [0.1, 0.15) is 0 Å². The van der Waals surface area contributed by atoms with Crippen molar-refractivity contribution >= 4 is 11.4 Å². The van der Waals surface area contributed by atoms with Crippen molar-refractivity contribution in [3.05, 3.63) is 115 Å². The van der Waals surface area contributed by atoms with Gasteiger partial charge in [0.25, 0.3) is 0 Å². The van der Waals surface area contributed by atoms with Crippen LogP contribution in [0.25, 0.3) is 0 Å². The summed E-state index contributed by atoms with van der Waals surface area (Å²) in [5.74, 6) is 0.684. The molecule has 2 aromatic rings. The van der Waals surface area contributed by atoms with E-state index >= 15 is 0 Å². The summed E-state index contributed by atoms with van der Waals surface area (Å²) >= 11 is -4.84. The zero-order valence-electron chi connectivity index (χ0n) is 21.8. The van der Waals surface area contributed by atoms with Crippen LogP contribution in [0.4, 0.5) is 11.4 Å². The molecule has 192 valence electrons. The molecule has 2 atom stereocenters. The van der Waals surface area contributed by atoms with Gasteiger partial charge in [-0.2, -0.15) is 0 Å². The van der Waals surface area contributed by atoms with Crippen LogP contribution in [0.1, 0.15) is 41.5 Å². The summed E-state index contributed by atoms with van der Waals surface area (Å²) in [5, 5.41) is 23.1. The molecule has 4 rings (SSSR count). The van der Waals surface area contributed by atoms with E-state index in [1.54, 1.807) is 24.3 Å². The second kappa shape index (κ2) is 9.53. The maximum atomic E-state index is 11.6. The Labute approximate surface area is 221 Å². The standard InChI is InChI=1S/2C8H11.2C6H5NO3.Zr/c2*1-6-4-5-7(2)8(6)3;2*8-6-3-1-2-5(4-6)7(9)10;/h2*4-5H,1-3H3;2*1-4,8H;/q;;;;+2/p-2. The summed E-state index contributed by atoms with van der Waals surface area (Å²) in [6.45, 7) is 12.4. The average molecular weight is 582 g/mol. The van der Waals surface area contributed by atoms with E-state index in [2.05, 4.69) is 52.0 Å². The van der Waals surface area contributed by atoms with Crippen LogP contribution in [0.15, 0.2) is 95.1 Å². The number of allylic oxidation sites excluding steroid dienone is 8. The molecule has 0 amide bonds. The van der Waals surface area contributed by atoms with Crippen LogP contribution >= 0.6 is 0 Å². The molecule has 0 saturated heterocycles. The average Bonchev–Trinajstić information content (AvgIpc) is 3.30. The van der Waals surface area contributed by atoms with Gasteiger partial charge >= 0.3 is 223 Å². The zero-order valence-corrected chi connectivity index (χ0v) is 24.2. The number of non-ortho nitro benzene ring substituents is 2. The van der Waals surface area contributed by atoms with Crippen LogP contribution in [0.5, 0.6) is 11.5 Å². The first-order valence-corrected chi connectivity index (χ1v) is 16.4. The molecule has 0 spiro atoms. The monoisotopic (exact) mass is 580 g/mol. The molecule has 2 unspecified atom stereocenters. The molecule has 0 aromatic heterocycles. The predicted molar refractivity (Wildman–Crippen MR) is 139 cm³/mol. The van der Waals surface area contributed by atoms with E-state index in [0.717, 1.165) is 22.3 Å². The normalized spacial score (nSPS) is 23.1. The first kappa shape index (κ1) is 26.7. The first-order valence-electron chi connectivity index (χ1n) is 12.0. The third-order valence-corrected chi connectivity index (χ3v) is 20.0. The van der Waals surface area contributed by atoms with Gasteiger partial charge in [-0.05, 0) is 0 Å². The van der Waals surface area contributed by atoms with E-state index < -0.39 is 37.2 Å². The van der Waals surface area contributed by atoms with E-state index in [-0.39, 0.29) is 11.4 Å². The summed E-state index contributed by atoms with van der Waals surface area (Å²) < 4.78 is 12.8. The van der Waals surface area contributed by atoms with E-state index in [0.29, 0.717) is 11.5 Å². The van der Waals surface area contributed by atoms with Crippen LogP contribution in [-0.2, 0) is 21.1 Å². The van der Waals surface area contributed by atoms with Crippen LogP contribution in [0.2, 0.25) is 6.25 Å². The van der Waals surface area contributed by atoms with Crippen molar-refractivity contribution in [1.82, 2.24) is 0 Å². The summed E-state index contributed by atoms with van der Waals surface area (Å²) in [6, 6.07) is 12.3. The Morgan fingerprint density at radius 2 is 1.08 bits per heavy atom. The number of nitro benzene ring substituents is 2. The summed E-state index contributed by atoms with van der Waals surface area (Å²) in [6.07, 6.45) is 8.34. The Kier molecular flexibility index (Phi) is 6.88. The summed E-state index contributed by atoms with van der Waals surface area (Å²) in [5.41, 5.74) is 4.20. The van der Waals surface area contributed by atoms with Crippen molar-refractivity contribution in [3.63, 3.8) is 0 Å². The number of nitrogens with zero attached hydrogens (tertiary/aromatic N) is 2. The third-order valence-electron chi connectivity index (χ3n) is 8.02. The minimum atomic E-state index is -4.84. The Bertz CT molecular complexity index is 1320. The fourth-order valence-electron chi connectivity index (χ4n) is 5.25. The first-order chi connectivity index (χ1) is 17.3. The molecule has 2 aromatic carbocycles. The molecule has 9 heteroatoms. The van der Waals surface area contributed by atoms with Gasteiger partial charge in [0, 0.05) is 0 Å².